The normalized spacial score (nSPS) is 26.5. The lowest BCUT2D eigenvalue weighted by atomic mass is 9.60. The van der Waals surface area contributed by atoms with Gasteiger partial charge in [0.15, 0.2) is 0 Å². The van der Waals surface area contributed by atoms with E-state index in [0.717, 1.165) is 5.75 Å². The van der Waals surface area contributed by atoms with Crippen LogP contribution in [0.2, 0.25) is 0 Å². The molecule has 0 aromatic heterocycles. The van der Waals surface area contributed by atoms with E-state index in [1.807, 2.05) is 6.07 Å². The molecule has 1 N–H and O–H groups in total. The highest BCUT2D eigenvalue weighted by Gasteiger charge is 2.46. The van der Waals surface area contributed by atoms with Gasteiger partial charge in [-0.25, -0.2) is 0 Å². The number of methoxy groups -OCH3 is 1. The van der Waals surface area contributed by atoms with Crippen molar-refractivity contribution in [3.05, 3.63) is 29.8 Å². The number of hydrogen-bond acceptors (Lipinski definition) is 2. The first-order valence-electron chi connectivity index (χ1n) is 6.73. The first-order chi connectivity index (χ1) is 8.35. The Kier molecular flexibility index (Phi) is 2.83. The molecule has 2 fully saturated rings. The number of nitrogens with one attached hydrogen (secondary N) is 1. The Morgan fingerprint density at radius 1 is 1.29 bits per heavy atom. The summed E-state index contributed by atoms with van der Waals surface area (Å²) in [5, 5.41) is 3.69. The molecule has 1 aromatic rings. The van der Waals surface area contributed by atoms with Gasteiger partial charge in [-0.05, 0) is 49.9 Å². The molecular formula is C15H21NO. The zero-order valence-electron chi connectivity index (χ0n) is 10.5. The van der Waals surface area contributed by atoms with Crippen molar-refractivity contribution in [1.29, 1.82) is 0 Å². The molecule has 92 valence electrons. The van der Waals surface area contributed by atoms with E-state index in [1.165, 1.54) is 44.2 Å². The number of hydrogen-bond donors (Lipinski definition) is 1. The van der Waals surface area contributed by atoms with Gasteiger partial charge in [-0.15, -0.1) is 0 Å². The van der Waals surface area contributed by atoms with E-state index < -0.39 is 0 Å². The fourth-order valence-electron chi connectivity index (χ4n) is 3.48. The molecule has 2 aliphatic rings. The third-order valence-electron chi connectivity index (χ3n) is 4.62. The van der Waals surface area contributed by atoms with Gasteiger partial charge in [0.1, 0.15) is 5.75 Å². The van der Waals surface area contributed by atoms with Crippen LogP contribution in [-0.2, 0) is 5.41 Å². The minimum absolute atomic E-state index is 0.394. The summed E-state index contributed by atoms with van der Waals surface area (Å²) in [6, 6.07) is 9.37. The van der Waals surface area contributed by atoms with Crippen molar-refractivity contribution in [2.45, 2.75) is 43.6 Å². The average Bonchev–Trinajstić information content (AvgIpc) is 2.82. The predicted molar refractivity (Wildman–Crippen MR) is 69.5 cm³/mol. The van der Waals surface area contributed by atoms with Crippen molar-refractivity contribution in [2.24, 2.45) is 0 Å². The lowest BCUT2D eigenvalue weighted by Gasteiger charge is -2.47. The maximum Gasteiger partial charge on any atom is 0.119 e. The maximum absolute atomic E-state index is 5.36. The molecule has 17 heavy (non-hydrogen) atoms. The highest BCUT2D eigenvalue weighted by molar-refractivity contribution is 5.37. The molecule has 2 heteroatoms. The fraction of sp³-hybridized carbons (Fsp3) is 0.600. The Balaban J connectivity index is 1.93. The van der Waals surface area contributed by atoms with Crippen LogP contribution in [0, 0.1) is 0 Å². The number of benzene rings is 1. The molecule has 1 aliphatic carbocycles. The Hall–Kier alpha value is -1.02. The van der Waals surface area contributed by atoms with Crippen LogP contribution in [0.3, 0.4) is 0 Å². The van der Waals surface area contributed by atoms with E-state index in [1.54, 1.807) is 7.11 Å². The number of rotatable bonds is 3. The van der Waals surface area contributed by atoms with Gasteiger partial charge in [-0.1, -0.05) is 18.6 Å². The van der Waals surface area contributed by atoms with Crippen molar-refractivity contribution in [3.8, 4) is 5.75 Å². The summed E-state index contributed by atoms with van der Waals surface area (Å²) in [6.07, 6.45) is 6.69. The topological polar surface area (TPSA) is 21.3 Å². The van der Waals surface area contributed by atoms with Crippen LogP contribution in [0.1, 0.15) is 37.7 Å². The van der Waals surface area contributed by atoms with Gasteiger partial charge in [0.25, 0.3) is 0 Å². The summed E-state index contributed by atoms with van der Waals surface area (Å²) in [5.41, 5.74) is 1.87. The SMILES string of the molecule is COc1cccc(C2(C3CCCN3)CCC2)c1. The molecule has 1 aliphatic heterocycles. The van der Waals surface area contributed by atoms with Crippen LogP contribution in [0.4, 0.5) is 0 Å². The minimum Gasteiger partial charge on any atom is -0.497 e. The first kappa shape index (κ1) is 11.1. The average molecular weight is 231 g/mol. The van der Waals surface area contributed by atoms with Gasteiger partial charge >= 0.3 is 0 Å². The molecule has 1 heterocycles. The van der Waals surface area contributed by atoms with Gasteiger partial charge in [0.2, 0.25) is 0 Å². The van der Waals surface area contributed by atoms with Crippen molar-refractivity contribution in [1.82, 2.24) is 5.32 Å². The van der Waals surface area contributed by atoms with Crippen LogP contribution in [0.5, 0.6) is 5.75 Å². The second-order valence-corrected chi connectivity index (χ2v) is 5.39. The molecule has 0 amide bonds. The molecule has 2 nitrogen and oxygen atoms in total. The Morgan fingerprint density at radius 3 is 2.76 bits per heavy atom. The van der Waals surface area contributed by atoms with Gasteiger partial charge in [-0.2, -0.15) is 0 Å². The summed E-state index contributed by atoms with van der Waals surface area (Å²) >= 11 is 0. The van der Waals surface area contributed by atoms with Crippen LogP contribution in [0.25, 0.3) is 0 Å². The van der Waals surface area contributed by atoms with E-state index in [4.69, 9.17) is 4.74 Å². The quantitative estimate of drug-likeness (QED) is 0.863. The molecule has 1 saturated carbocycles. The van der Waals surface area contributed by atoms with E-state index in [-0.39, 0.29) is 0 Å². The highest BCUT2D eigenvalue weighted by atomic mass is 16.5. The first-order valence-corrected chi connectivity index (χ1v) is 6.73. The van der Waals surface area contributed by atoms with Gasteiger partial charge in [-0.3, -0.25) is 0 Å². The van der Waals surface area contributed by atoms with E-state index in [2.05, 4.69) is 23.5 Å². The van der Waals surface area contributed by atoms with E-state index in [9.17, 15) is 0 Å². The summed E-state index contributed by atoms with van der Waals surface area (Å²) in [4.78, 5) is 0. The summed E-state index contributed by atoms with van der Waals surface area (Å²) < 4.78 is 5.36. The van der Waals surface area contributed by atoms with Crippen molar-refractivity contribution >= 4 is 0 Å². The van der Waals surface area contributed by atoms with Gasteiger partial charge < -0.3 is 10.1 Å². The molecule has 3 rings (SSSR count). The van der Waals surface area contributed by atoms with Crippen LogP contribution in [-0.4, -0.2) is 19.7 Å². The van der Waals surface area contributed by atoms with Crippen LogP contribution in [0.15, 0.2) is 24.3 Å². The zero-order valence-corrected chi connectivity index (χ0v) is 10.5. The van der Waals surface area contributed by atoms with Crippen LogP contribution >= 0.6 is 0 Å². The summed E-state index contributed by atoms with van der Waals surface area (Å²) in [7, 11) is 1.75. The molecule has 1 saturated heterocycles. The summed E-state index contributed by atoms with van der Waals surface area (Å²) in [6.45, 7) is 1.19. The largest absolute Gasteiger partial charge is 0.497 e. The highest BCUT2D eigenvalue weighted by Crippen LogP contribution is 2.49. The van der Waals surface area contributed by atoms with Crippen molar-refractivity contribution in [2.75, 3.05) is 13.7 Å². The van der Waals surface area contributed by atoms with Gasteiger partial charge in [0.05, 0.1) is 7.11 Å². The van der Waals surface area contributed by atoms with Crippen molar-refractivity contribution in [3.63, 3.8) is 0 Å². The summed E-state index contributed by atoms with van der Waals surface area (Å²) in [5.74, 6) is 0.992. The molecule has 1 atom stereocenters. The molecular weight excluding hydrogens is 210 g/mol. The Bertz CT molecular complexity index is 392. The molecule has 1 unspecified atom stereocenters. The zero-order chi connectivity index (χ0) is 11.7. The molecule has 0 bridgehead atoms. The third kappa shape index (κ3) is 1.75. The maximum atomic E-state index is 5.36. The Morgan fingerprint density at radius 2 is 2.18 bits per heavy atom. The standard InChI is InChI=1S/C15H21NO/c1-17-13-6-2-5-12(11-13)15(8-4-9-15)14-7-3-10-16-14/h2,5-6,11,14,16H,3-4,7-10H2,1H3. The second kappa shape index (κ2) is 4.34. The monoisotopic (exact) mass is 231 g/mol. The fourth-order valence-corrected chi connectivity index (χ4v) is 3.48. The Labute approximate surface area is 103 Å². The lowest BCUT2D eigenvalue weighted by Crippen LogP contribution is -2.50. The molecule has 0 radical (unpaired) electrons. The van der Waals surface area contributed by atoms with E-state index in [0.29, 0.717) is 11.5 Å². The smallest absolute Gasteiger partial charge is 0.119 e. The third-order valence-corrected chi connectivity index (χ3v) is 4.62. The number of ether oxygens (including phenoxy) is 1. The van der Waals surface area contributed by atoms with Crippen molar-refractivity contribution < 1.29 is 4.74 Å². The predicted octanol–water partition coefficient (Wildman–Crippen LogP) is 2.87. The van der Waals surface area contributed by atoms with E-state index >= 15 is 0 Å². The molecule has 0 spiro atoms. The minimum atomic E-state index is 0.394. The van der Waals surface area contributed by atoms with Gasteiger partial charge in [0, 0.05) is 11.5 Å². The molecule has 1 aromatic carbocycles. The lowest BCUT2D eigenvalue weighted by molar-refractivity contribution is 0.181. The van der Waals surface area contributed by atoms with Crippen LogP contribution < -0.4 is 10.1 Å². The second-order valence-electron chi connectivity index (χ2n) is 5.39.